The van der Waals surface area contributed by atoms with Crippen molar-refractivity contribution in [2.24, 2.45) is 0 Å². The van der Waals surface area contributed by atoms with Crippen molar-refractivity contribution >= 4 is 5.57 Å². The van der Waals surface area contributed by atoms with Crippen molar-refractivity contribution < 1.29 is 5.11 Å². The number of hydrogen-bond acceptors (Lipinski definition) is 2. The van der Waals surface area contributed by atoms with Gasteiger partial charge in [-0.3, -0.25) is 0 Å². The number of aliphatic hydroxyl groups is 1. The fourth-order valence-corrected chi connectivity index (χ4v) is 3.72. The van der Waals surface area contributed by atoms with Crippen molar-refractivity contribution in [3.8, 4) is 0 Å². The van der Waals surface area contributed by atoms with E-state index in [1.807, 2.05) is 0 Å². The number of allylic oxidation sites excluding steroid dienone is 2. The summed E-state index contributed by atoms with van der Waals surface area (Å²) >= 11 is 0. The van der Waals surface area contributed by atoms with Crippen LogP contribution in [0.1, 0.15) is 55.6 Å². The van der Waals surface area contributed by atoms with Crippen molar-refractivity contribution in [1.82, 2.24) is 4.90 Å². The third kappa shape index (κ3) is 3.75. The third-order valence-corrected chi connectivity index (χ3v) is 5.02. The minimum Gasteiger partial charge on any atom is -0.395 e. The van der Waals surface area contributed by atoms with Gasteiger partial charge in [0.15, 0.2) is 0 Å². The topological polar surface area (TPSA) is 23.5 Å². The summed E-state index contributed by atoms with van der Waals surface area (Å²) in [4.78, 5) is 2.38. The average Bonchev–Trinajstić information content (AvgIpc) is 2.57. The van der Waals surface area contributed by atoms with Crippen LogP contribution in [-0.2, 0) is 0 Å². The predicted molar refractivity (Wildman–Crippen MR) is 88.4 cm³/mol. The molecule has 1 heterocycles. The van der Waals surface area contributed by atoms with E-state index in [1.165, 1.54) is 49.7 Å². The first-order chi connectivity index (χ1) is 10.4. The summed E-state index contributed by atoms with van der Waals surface area (Å²) in [6.07, 6.45) is 10.1. The van der Waals surface area contributed by atoms with Gasteiger partial charge in [-0.1, -0.05) is 30.3 Å². The quantitative estimate of drug-likeness (QED) is 0.909. The van der Waals surface area contributed by atoms with E-state index in [4.69, 9.17) is 5.11 Å². The van der Waals surface area contributed by atoms with E-state index >= 15 is 0 Å². The van der Waals surface area contributed by atoms with Crippen LogP contribution in [0, 0.1) is 0 Å². The van der Waals surface area contributed by atoms with Crippen molar-refractivity contribution in [3.63, 3.8) is 0 Å². The first-order valence-electron chi connectivity index (χ1n) is 8.49. The second-order valence-electron chi connectivity index (χ2n) is 6.44. The van der Waals surface area contributed by atoms with E-state index in [0.717, 1.165) is 19.6 Å². The van der Waals surface area contributed by atoms with Crippen molar-refractivity contribution in [2.45, 2.75) is 44.4 Å². The van der Waals surface area contributed by atoms with Crippen LogP contribution in [0.5, 0.6) is 0 Å². The van der Waals surface area contributed by atoms with Gasteiger partial charge in [0.05, 0.1) is 6.61 Å². The minimum atomic E-state index is 0.286. The molecule has 0 saturated carbocycles. The maximum absolute atomic E-state index is 9.03. The summed E-state index contributed by atoms with van der Waals surface area (Å²) in [6.45, 7) is 3.37. The lowest BCUT2D eigenvalue weighted by atomic mass is 9.86. The highest BCUT2D eigenvalue weighted by Crippen LogP contribution is 2.32. The monoisotopic (exact) mass is 285 g/mol. The third-order valence-electron chi connectivity index (χ3n) is 5.02. The van der Waals surface area contributed by atoms with Crippen molar-refractivity contribution in [3.05, 3.63) is 41.5 Å². The van der Waals surface area contributed by atoms with Gasteiger partial charge >= 0.3 is 0 Å². The van der Waals surface area contributed by atoms with Crippen LogP contribution in [0.25, 0.3) is 5.57 Å². The molecule has 2 nitrogen and oxygen atoms in total. The molecule has 1 fully saturated rings. The molecule has 3 rings (SSSR count). The molecular weight excluding hydrogens is 258 g/mol. The molecule has 0 unspecified atom stereocenters. The SMILES string of the molecule is OCCN1CCC(c2cccc(C3=CCCCC3)c2)CC1. The molecule has 2 heteroatoms. The maximum atomic E-state index is 9.03. The molecule has 0 spiro atoms. The van der Waals surface area contributed by atoms with E-state index < -0.39 is 0 Å². The number of piperidine rings is 1. The largest absolute Gasteiger partial charge is 0.395 e. The zero-order valence-electron chi connectivity index (χ0n) is 12.9. The summed E-state index contributed by atoms with van der Waals surface area (Å²) in [7, 11) is 0. The first-order valence-corrected chi connectivity index (χ1v) is 8.49. The number of β-amino-alcohol motifs (C(OH)–C–C–N with tert-alkyl or cyclic N) is 1. The van der Waals surface area contributed by atoms with Gasteiger partial charge < -0.3 is 10.0 Å². The predicted octanol–water partition coefficient (Wildman–Crippen LogP) is 3.82. The summed E-state index contributed by atoms with van der Waals surface area (Å²) in [5, 5.41) is 9.03. The Morgan fingerprint density at radius 1 is 1.14 bits per heavy atom. The van der Waals surface area contributed by atoms with Crippen molar-refractivity contribution in [1.29, 1.82) is 0 Å². The molecule has 1 N–H and O–H groups in total. The lowest BCUT2D eigenvalue weighted by Gasteiger charge is -2.32. The second kappa shape index (κ2) is 7.24. The molecule has 0 atom stereocenters. The van der Waals surface area contributed by atoms with Gasteiger partial charge in [0, 0.05) is 6.54 Å². The van der Waals surface area contributed by atoms with E-state index in [9.17, 15) is 0 Å². The molecule has 114 valence electrons. The van der Waals surface area contributed by atoms with Crippen LogP contribution in [0.2, 0.25) is 0 Å². The Hall–Kier alpha value is -1.12. The Morgan fingerprint density at radius 3 is 2.71 bits per heavy atom. The van der Waals surface area contributed by atoms with Crippen LogP contribution in [0.4, 0.5) is 0 Å². The Morgan fingerprint density at radius 2 is 2.00 bits per heavy atom. The average molecular weight is 285 g/mol. The fraction of sp³-hybridized carbons (Fsp3) is 0.579. The van der Waals surface area contributed by atoms with Gasteiger partial charge in [-0.25, -0.2) is 0 Å². The highest BCUT2D eigenvalue weighted by atomic mass is 16.3. The van der Waals surface area contributed by atoms with E-state index in [-0.39, 0.29) is 6.61 Å². The Labute approximate surface area is 128 Å². The summed E-state index contributed by atoms with van der Waals surface area (Å²) in [5.41, 5.74) is 4.52. The zero-order valence-corrected chi connectivity index (χ0v) is 12.9. The minimum absolute atomic E-state index is 0.286. The number of benzene rings is 1. The van der Waals surface area contributed by atoms with Crippen LogP contribution >= 0.6 is 0 Å². The lowest BCUT2D eigenvalue weighted by molar-refractivity contribution is 0.164. The fourth-order valence-electron chi connectivity index (χ4n) is 3.72. The Bertz CT molecular complexity index is 486. The van der Waals surface area contributed by atoms with Crippen LogP contribution in [-0.4, -0.2) is 36.2 Å². The van der Waals surface area contributed by atoms with Crippen LogP contribution in [0.15, 0.2) is 30.3 Å². The van der Waals surface area contributed by atoms with E-state index in [1.54, 1.807) is 5.57 Å². The molecule has 1 aliphatic carbocycles. The van der Waals surface area contributed by atoms with Gasteiger partial charge in [0.2, 0.25) is 0 Å². The second-order valence-corrected chi connectivity index (χ2v) is 6.44. The normalized spacial score (nSPS) is 21.3. The standard InChI is InChI=1S/C19H27NO/c21-14-13-20-11-9-17(10-12-20)19-8-4-7-18(15-19)16-5-2-1-3-6-16/h4-5,7-8,15,17,21H,1-3,6,9-14H2. The molecule has 0 aromatic heterocycles. The van der Waals surface area contributed by atoms with Gasteiger partial charge in [0.25, 0.3) is 0 Å². The zero-order chi connectivity index (χ0) is 14.5. The molecule has 2 aliphatic rings. The number of nitrogens with zero attached hydrogens (tertiary/aromatic N) is 1. The van der Waals surface area contributed by atoms with Gasteiger partial charge in [-0.15, -0.1) is 0 Å². The first kappa shape index (κ1) is 14.8. The summed E-state index contributed by atoms with van der Waals surface area (Å²) in [5.74, 6) is 0.698. The van der Waals surface area contributed by atoms with Gasteiger partial charge in [-0.05, 0) is 74.2 Å². The molecule has 1 aromatic carbocycles. The number of aliphatic hydroxyl groups excluding tert-OH is 1. The summed E-state index contributed by atoms with van der Waals surface area (Å²) < 4.78 is 0. The highest BCUT2D eigenvalue weighted by Gasteiger charge is 2.20. The van der Waals surface area contributed by atoms with Gasteiger partial charge in [0.1, 0.15) is 0 Å². The molecule has 1 aliphatic heterocycles. The number of rotatable bonds is 4. The molecule has 1 aromatic rings. The van der Waals surface area contributed by atoms with Crippen LogP contribution in [0.3, 0.4) is 0 Å². The highest BCUT2D eigenvalue weighted by molar-refractivity contribution is 5.66. The summed E-state index contributed by atoms with van der Waals surface area (Å²) in [6, 6.07) is 9.25. The Kier molecular flexibility index (Phi) is 5.10. The number of likely N-dealkylation sites (tertiary alicyclic amines) is 1. The number of hydrogen-bond donors (Lipinski definition) is 1. The Balaban J connectivity index is 1.67. The lowest BCUT2D eigenvalue weighted by Crippen LogP contribution is -2.34. The molecule has 1 saturated heterocycles. The molecule has 21 heavy (non-hydrogen) atoms. The molecular formula is C19H27NO. The smallest absolute Gasteiger partial charge is 0.0558 e. The van der Waals surface area contributed by atoms with E-state index in [0.29, 0.717) is 5.92 Å². The molecule has 0 bridgehead atoms. The maximum Gasteiger partial charge on any atom is 0.0558 e. The van der Waals surface area contributed by atoms with Crippen molar-refractivity contribution in [2.75, 3.05) is 26.2 Å². The molecule has 0 radical (unpaired) electrons. The van der Waals surface area contributed by atoms with Gasteiger partial charge in [-0.2, -0.15) is 0 Å². The van der Waals surface area contributed by atoms with Crippen LogP contribution < -0.4 is 0 Å². The van der Waals surface area contributed by atoms with E-state index in [2.05, 4.69) is 35.2 Å². The molecule has 0 amide bonds.